The Morgan fingerprint density at radius 1 is 0.625 bits per heavy atom. The minimum atomic E-state index is -3.57. The van der Waals surface area contributed by atoms with Crippen LogP contribution in [0.2, 0.25) is 3.67 Å². The summed E-state index contributed by atoms with van der Waals surface area (Å²) in [5.41, 5.74) is 0. The number of unbranched alkanes of at least 4 members (excludes halogenated alkanes) is 15. The summed E-state index contributed by atoms with van der Waals surface area (Å²) in [6.45, 7) is 4.80. The van der Waals surface area contributed by atoms with Gasteiger partial charge in [-0.15, -0.1) is 0 Å². The predicted octanol–water partition coefficient (Wildman–Crippen LogP) is 8.64. The Morgan fingerprint density at radius 3 is 1.47 bits per heavy atom. The summed E-state index contributed by atoms with van der Waals surface area (Å²) in [5, 5.41) is 0. The third-order valence-electron chi connectivity index (χ3n) is 5.73. The first-order valence-electron chi connectivity index (χ1n) is 13.5. The Hall–Kier alpha value is 0.130. The summed E-state index contributed by atoms with van der Waals surface area (Å²) in [7, 11) is -3.57. The van der Waals surface area contributed by atoms with Crippen molar-refractivity contribution in [3.05, 3.63) is 30.3 Å². The van der Waals surface area contributed by atoms with E-state index in [1.165, 1.54) is 128 Å². The zero-order valence-electron chi connectivity index (χ0n) is 21.5. The molecule has 0 aliphatic heterocycles. The third-order valence-corrected chi connectivity index (χ3v) is 7.76. The van der Waals surface area contributed by atoms with Gasteiger partial charge in [0.25, 0.3) is 10.1 Å². The van der Waals surface area contributed by atoms with E-state index in [0.29, 0.717) is 0 Å². The molecule has 32 heavy (non-hydrogen) atoms. The second-order valence-electron chi connectivity index (χ2n) is 8.89. The van der Waals surface area contributed by atoms with Crippen LogP contribution in [-0.2, 0) is 14.3 Å². The van der Waals surface area contributed by atoms with Crippen LogP contribution in [0.4, 0.5) is 0 Å². The van der Waals surface area contributed by atoms with Crippen LogP contribution in [-0.4, -0.2) is 43.0 Å². The average Bonchev–Trinajstić information content (AvgIpc) is 2.81. The molecule has 0 atom stereocenters. The second kappa shape index (κ2) is 24.3. The Bertz CT molecular complexity index is 582. The summed E-state index contributed by atoms with van der Waals surface area (Å²) in [4.78, 5) is 0.238. The van der Waals surface area contributed by atoms with Crippen LogP contribution in [0, 0.1) is 0 Å². The van der Waals surface area contributed by atoms with Gasteiger partial charge in [-0.2, -0.15) is 8.42 Å². The number of hydrogen-bond acceptors (Lipinski definition) is 3. The van der Waals surface area contributed by atoms with Crippen molar-refractivity contribution in [2.24, 2.45) is 0 Å². The second-order valence-corrected chi connectivity index (χ2v) is 11.5. The van der Waals surface area contributed by atoms with Crippen LogP contribution in [0.15, 0.2) is 35.2 Å². The molecule has 0 unspecified atom stereocenters. The first kappa shape index (κ1) is 32.1. The van der Waals surface area contributed by atoms with E-state index in [-0.39, 0.29) is 11.5 Å². The Labute approximate surface area is 218 Å². The van der Waals surface area contributed by atoms with E-state index in [9.17, 15) is 8.42 Å². The Balaban J connectivity index is 0.000000809. The van der Waals surface area contributed by atoms with Gasteiger partial charge in [-0.3, -0.25) is 4.18 Å². The summed E-state index contributed by atoms with van der Waals surface area (Å²) in [6.07, 6.45) is 22.5. The fourth-order valence-electron chi connectivity index (χ4n) is 3.62. The van der Waals surface area contributed by atoms with Gasteiger partial charge >= 0.3 is 83.5 Å². The van der Waals surface area contributed by atoms with Crippen LogP contribution in [0.1, 0.15) is 123 Å². The van der Waals surface area contributed by atoms with E-state index in [0.717, 1.165) is 12.8 Å². The number of hydrogen-bond donors (Lipinski definition) is 0. The van der Waals surface area contributed by atoms with Crippen molar-refractivity contribution in [3.8, 4) is 0 Å². The summed E-state index contributed by atoms with van der Waals surface area (Å²) in [6, 6.07) is 8.33. The number of benzene rings is 1. The van der Waals surface area contributed by atoms with Gasteiger partial charge < -0.3 is 0 Å². The van der Waals surface area contributed by atoms with Gasteiger partial charge in [-0.1, -0.05) is 82.9 Å². The summed E-state index contributed by atoms with van der Waals surface area (Å²) in [5.74, 6) is 0. The molecule has 0 amide bonds. The molecule has 1 rings (SSSR count). The normalized spacial score (nSPS) is 11.2. The van der Waals surface area contributed by atoms with E-state index >= 15 is 0 Å². The monoisotopic (exact) mass is 476 g/mol. The van der Waals surface area contributed by atoms with Crippen LogP contribution in [0.25, 0.3) is 0 Å². The van der Waals surface area contributed by atoms with Gasteiger partial charge in [0.15, 0.2) is 0 Å². The van der Waals surface area contributed by atoms with Crippen LogP contribution < -0.4 is 0 Å². The molecule has 1 aromatic carbocycles. The van der Waals surface area contributed by atoms with E-state index in [2.05, 4.69) is 13.8 Å². The quantitative estimate of drug-likeness (QED) is 0.107. The number of rotatable bonds is 20. The van der Waals surface area contributed by atoms with Crippen molar-refractivity contribution >= 4 is 38.0 Å². The van der Waals surface area contributed by atoms with Gasteiger partial charge in [0, 0.05) is 0 Å². The molecule has 5 heteroatoms. The molecule has 1 aromatic rings. The van der Waals surface area contributed by atoms with Crippen LogP contribution in [0.5, 0.6) is 0 Å². The molecular weight excluding hydrogens is 427 g/mol. The molecule has 0 N–H and O–H groups in total. The molecule has 0 aliphatic carbocycles. The fraction of sp³-hybridized carbons (Fsp3) is 0.778. The predicted molar refractivity (Wildman–Crippen MR) is 140 cm³/mol. The minimum absolute atomic E-state index is 0.238. The van der Waals surface area contributed by atoms with Crippen LogP contribution in [0.3, 0.4) is 0 Å². The molecule has 0 aromatic heterocycles. The molecule has 0 heterocycles. The van der Waals surface area contributed by atoms with Crippen molar-refractivity contribution in [2.45, 2.75) is 132 Å². The van der Waals surface area contributed by atoms with Gasteiger partial charge in [0.1, 0.15) is 0 Å². The zero-order valence-corrected chi connectivity index (χ0v) is 24.3. The first-order valence-corrected chi connectivity index (χ1v) is 16.3. The molecular formula is C27H49NaO3S. The van der Waals surface area contributed by atoms with Crippen molar-refractivity contribution in [1.82, 2.24) is 0 Å². The standard InChI is InChI=1S/C18H30O3S.C9H19.Na/c1-2-3-4-5-6-7-8-9-10-14-17-21-22(19,20)18-15-12-11-13-16-18;1-3-5-7-9-8-6-4-2;/h11-13,15-16H,2-10,14,17H2,1H3;1,3-9H2,2H3;. The van der Waals surface area contributed by atoms with Crippen LogP contribution >= 0.6 is 0 Å². The topological polar surface area (TPSA) is 43.4 Å². The van der Waals surface area contributed by atoms with Gasteiger partial charge in [-0.25, -0.2) is 0 Å². The molecule has 0 bridgehead atoms. The molecule has 0 fully saturated rings. The summed E-state index contributed by atoms with van der Waals surface area (Å²) >= 11 is 1.41. The van der Waals surface area contributed by atoms with Gasteiger partial charge in [0.2, 0.25) is 0 Å². The maximum atomic E-state index is 11.9. The van der Waals surface area contributed by atoms with E-state index in [1.807, 2.05) is 0 Å². The molecule has 0 radical (unpaired) electrons. The van der Waals surface area contributed by atoms with E-state index in [1.54, 1.807) is 30.3 Å². The zero-order chi connectivity index (χ0) is 23.8. The molecule has 3 nitrogen and oxygen atoms in total. The SMILES string of the molecule is CCCCCCCCCCCCOS(=O)(=O)c1ccccc1.CCCCCCCC[CH2][Na]. The van der Waals surface area contributed by atoms with Gasteiger partial charge in [0.05, 0.1) is 11.5 Å². The van der Waals surface area contributed by atoms with Crippen molar-refractivity contribution in [1.29, 1.82) is 0 Å². The van der Waals surface area contributed by atoms with Crippen molar-refractivity contribution in [3.63, 3.8) is 0 Å². The average molecular weight is 477 g/mol. The van der Waals surface area contributed by atoms with Crippen molar-refractivity contribution in [2.75, 3.05) is 6.61 Å². The molecule has 0 spiro atoms. The summed E-state index contributed by atoms with van der Waals surface area (Å²) < 4.78 is 30.3. The van der Waals surface area contributed by atoms with Crippen molar-refractivity contribution < 1.29 is 12.6 Å². The molecule has 0 saturated heterocycles. The van der Waals surface area contributed by atoms with E-state index < -0.39 is 10.1 Å². The maximum absolute atomic E-state index is 11.9. The molecule has 0 saturated carbocycles. The first-order chi connectivity index (χ1) is 15.6. The third kappa shape index (κ3) is 20.7. The van der Waals surface area contributed by atoms with E-state index in [4.69, 9.17) is 4.18 Å². The Morgan fingerprint density at radius 2 is 1.03 bits per heavy atom. The molecule has 182 valence electrons. The van der Waals surface area contributed by atoms with Gasteiger partial charge in [-0.05, 0) is 18.6 Å². The molecule has 0 aliphatic rings. The fourth-order valence-corrected chi connectivity index (χ4v) is 5.08. The Kier molecular flexibility index (Phi) is 24.4.